The number of benzene rings is 3. The number of hydrogen-bond acceptors (Lipinski definition) is 3. The van der Waals surface area contributed by atoms with E-state index in [1.165, 1.54) is 10.4 Å². The Hall–Kier alpha value is -2.85. The second-order valence-electron chi connectivity index (χ2n) is 8.51. The van der Waals surface area contributed by atoms with Crippen molar-refractivity contribution in [2.24, 2.45) is 0 Å². The zero-order chi connectivity index (χ0) is 21.6. The summed E-state index contributed by atoms with van der Waals surface area (Å²) in [5, 5.41) is 2.91. The predicted molar refractivity (Wildman–Crippen MR) is 126 cm³/mol. The minimum absolute atomic E-state index is 0.0878. The first kappa shape index (κ1) is 21.8. The van der Waals surface area contributed by atoms with Crippen molar-refractivity contribution in [2.75, 3.05) is 13.7 Å². The van der Waals surface area contributed by atoms with E-state index in [1.807, 2.05) is 6.07 Å². The van der Waals surface area contributed by atoms with Crippen LogP contribution in [0.1, 0.15) is 31.1 Å². The first-order chi connectivity index (χ1) is 14.4. The molecule has 3 rings (SSSR count). The Morgan fingerprint density at radius 2 is 1.40 bits per heavy atom. The van der Waals surface area contributed by atoms with E-state index in [4.69, 9.17) is 9.47 Å². The smallest absolute Gasteiger partial charge is 0.161 e. The molecule has 0 fully saturated rings. The van der Waals surface area contributed by atoms with Crippen molar-refractivity contribution < 1.29 is 14.3 Å². The topological polar surface area (TPSA) is 35.5 Å². The van der Waals surface area contributed by atoms with Gasteiger partial charge in [0.2, 0.25) is 0 Å². The van der Waals surface area contributed by atoms with Gasteiger partial charge in [0.25, 0.3) is 0 Å². The maximum atomic E-state index is 11.1. The lowest BCUT2D eigenvalue weighted by atomic mass is 10.2. The van der Waals surface area contributed by atoms with Crippen LogP contribution in [0.4, 0.5) is 0 Å². The van der Waals surface area contributed by atoms with Crippen molar-refractivity contribution >= 4 is 24.7 Å². The number of ether oxygens (including phenoxy) is 2. The quantitative estimate of drug-likeness (QED) is 0.384. The molecule has 4 heteroatoms. The monoisotopic (exact) mass is 418 g/mol. The third kappa shape index (κ3) is 4.34. The molecular weight excluding hydrogens is 388 g/mol. The SMILES string of the molecule is COc1cc(C=O)ccc1OCC[Si](c1ccccc1)(c1ccccc1)C(C)(C)C. The Kier molecular flexibility index (Phi) is 6.78. The van der Waals surface area contributed by atoms with E-state index in [0.29, 0.717) is 23.7 Å². The van der Waals surface area contributed by atoms with E-state index < -0.39 is 8.07 Å². The van der Waals surface area contributed by atoms with Crippen LogP contribution in [-0.2, 0) is 0 Å². The maximum absolute atomic E-state index is 11.1. The molecule has 0 saturated carbocycles. The minimum atomic E-state index is -2.17. The standard InChI is InChI=1S/C26H30O3Si/c1-26(2,3)30(22-11-7-5-8-12-22,23-13-9-6-10-14-23)18-17-29-24-16-15-21(20-27)19-25(24)28-4/h5-16,19-20H,17-18H2,1-4H3. The molecule has 0 saturated heterocycles. The highest BCUT2D eigenvalue weighted by Crippen LogP contribution is 2.39. The Balaban J connectivity index is 1.97. The van der Waals surface area contributed by atoms with Gasteiger partial charge in [0.15, 0.2) is 11.5 Å². The molecule has 3 aromatic rings. The second kappa shape index (κ2) is 9.31. The summed E-state index contributed by atoms with van der Waals surface area (Å²) in [6, 6.07) is 28.0. The fourth-order valence-corrected chi connectivity index (χ4v) is 9.66. The lowest BCUT2D eigenvalue weighted by Gasteiger charge is -2.44. The second-order valence-corrected chi connectivity index (χ2v) is 13.5. The van der Waals surface area contributed by atoms with Crippen LogP contribution >= 0.6 is 0 Å². The third-order valence-corrected chi connectivity index (χ3v) is 12.0. The van der Waals surface area contributed by atoms with E-state index in [9.17, 15) is 4.79 Å². The van der Waals surface area contributed by atoms with Crippen LogP contribution in [0.15, 0.2) is 78.9 Å². The Bertz CT molecular complexity index is 923. The Morgan fingerprint density at radius 1 is 0.833 bits per heavy atom. The largest absolute Gasteiger partial charge is 0.493 e. The van der Waals surface area contributed by atoms with Crippen molar-refractivity contribution in [3.8, 4) is 11.5 Å². The van der Waals surface area contributed by atoms with Gasteiger partial charge in [0.05, 0.1) is 13.7 Å². The molecule has 0 radical (unpaired) electrons. The first-order valence-electron chi connectivity index (χ1n) is 10.3. The van der Waals surface area contributed by atoms with Gasteiger partial charge >= 0.3 is 0 Å². The van der Waals surface area contributed by atoms with Crippen molar-refractivity contribution in [3.05, 3.63) is 84.4 Å². The molecule has 0 amide bonds. The molecule has 0 aromatic heterocycles. The van der Waals surface area contributed by atoms with Gasteiger partial charge in [0.1, 0.15) is 14.4 Å². The fourth-order valence-electron chi connectivity index (χ4n) is 4.33. The van der Waals surface area contributed by atoms with Crippen molar-refractivity contribution in [3.63, 3.8) is 0 Å². The number of carbonyl (C=O) groups excluding carboxylic acids is 1. The van der Waals surface area contributed by atoms with Gasteiger partial charge in [-0.2, -0.15) is 0 Å². The van der Waals surface area contributed by atoms with Crippen LogP contribution in [-0.4, -0.2) is 28.1 Å². The minimum Gasteiger partial charge on any atom is -0.493 e. The molecule has 0 N–H and O–H groups in total. The molecule has 0 atom stereocenters. The van der Waals surface area contributed by atoms with Gasteiger partial charge in [-0.25, -0.2) is 0 Å². The van der Waals surface area contributed by atoms with E-state index in [0.717, 1.165) is 12.3 Å². The maximum Gasteiger partial charge on any atom is 0.161 e. The summed E-state index contributed by atoms with van der Waals surface area (Å²) in [5.74, 6) is 1.25. The fraction of sp³-hybridized carbons (Fsp3) is 0.269. The molecule has 0 spiro atoms. The highest BCUT2D eigenvalue weighted by Gasteiger charge is 2.47. The first-order valence-corrected chi connectivity index (χ1v) is 12.5. The highest BCUT2D eigenvalue weighted by molar-refractivity contribution is 7.04. The number of methoxy groups -OCH3 is 1. The molecule has 156 valence electrons. The van der Waals surface area contributed by atoms with E-state index in [1.54, 1.807) is 19.2 Å². The molecule has 0 aliphatic rings. The molecule has 30 heavy (non-hydrogen) atoms. The van der Waals surface area contributed by atoms with Gasteiger partial charge in [-0.1, -0.05) is 91.8 Å². The van der Waals surface area contributed by atoms with Crippen molar-refractivity contribution in [1.82, 2.24) is 0 Å². The van der Waals surface area contributed by atoms with Gasteiger partial charge in [-0.05, 0) is 29.3 Å². The summed E-state index contributed by atoms with van der Waals surface area (Å²) in [6.45, 7) is 7.61. The van der Waals surface area contributed by atoms with Crippen LogP contribution in [0.3, 0.4) is 0 Å². The zero-order valence-electron chi connectivity index (χ0n) is 18.2. The molecule has 0 heterocycles. The van der Waals surface area contributed by atoms with Gasteiger partial charge < -0.3 is 9.47 Å². The van der Waals surface area contributed by atoms with Crippen molar-refractivity contribution in [1.29, 1.82) is 0 Å². The van der Waals surface area contributed by atoms with Crippen LogP contribution in [0.25, 0.3) is 0 Å². The average Bonchev–Trinajstić information content (AvgIpc) is 2.77. The van der Waals surface area contributed by atoms with E-state index >= 15 is 0 Å². The summed E-state index contributed by atoms with van der Waals surface area (Å²) in [4.78, 5) is 11.1. The number of aldehydes is 1. The summed E-state index contributed by atoms with van der Waals surface area (Å²) >= 11 is 0. The average molecular weight is 419 g/mol. The molecule has 0 aliphatic carbocycles. The number of hydrogen-bond donors (Lipinski definition) is 0. The van der Waals surface area contributed by atoms with E-state index in [2.05, 4.69) is 81.4 Å². The zero-order valence-corrected chi connectivity index (χ0v) is 19.2. The summed E-state index contributed by atoms with van der Waals surface area (Å²) in [7, 11) is -0.574. The van der Waals surface area contributed by atoms with E-state index in [-0.39, 0.29) is 5.04 Å². The normalized spacial score (nSPS) is 11.7. The molecule has 0 unspecified atom stereocenters. The van der Waals surface area contributed by atoms with Crippen LogP contribution in [0.5, 0.6) is 11.5 Å². The summed E-state index contributed by atoms with van der Waals surface area (Å²) in [6.07, 6.45) is 0.814. The summed E-state index contributed by atoms with van der Waals surface area (Å²) in [5.41, 5.74) is 0.575. The third-order valence-electron chi connectivity index (χ3n) is 5.87. The molecule has 0 aliphatic heterocycles. The van der Waals surface area contributed by atoms with Crippen LogP contribution < -0.4 is 19.8 Å². The number of rotatable bonds is 8. The van der Waals surface area contributed by atoms with Gasteiger partial charge in [0, 0.05) is 5.56 Å². The number of carbonyl (C=O) groups is 1. The highest BCUT2D eigenvalue weighted by atomic mass is 28.3. The van der Waals surface area contributed by atoms with Crippen LogP contribution in [0, 0.1) is 0 Å². The van der Waals surface area contributed by atoms with Crippen molar-refractivity contribution in [2.45, 2.75) is 31.9 Å². The Labute approximate surface area is 180 Å². The predicted octanol–water partition coefficient (Wildman–Crippen LogP) is 4.95. The van der Waals surface area contributed by atoms with Gasteiger partial charge in [-0.3, -0.25) is 4.79 Å². The lowest BCUT2D eigenvalue weighted by Crippen LogP contribution is -2.64. The summed E-state index contributed by atoms with van der Waals surface area (Å²) < 4.78 is 11.6. The lowest BCUT2D eigenvalue weighted by molar-refractivity contribution is 0.112. The molecule has 0 bridgehead atoms. The van der Waals surface area contributed by atoms with Gasteiger partial charge in [-0.15, -0.1) is 0 Å². The molecular formula is C26H30O3Si. The molecule has 3 nitrogen and oxygen atoms in total. The van der Waals surface area contributed by atoms with Crippen LogP contribution in [0.2, 0.25) is 11.1 Å². The molecule has 3 aromatic carbocycles. The Morgan fingerprint density at radius 3 is 1.87 bits per heavy atom.